The predicted molar refractivity (Wildman–Crippen MR) is 84.3 cm³/mol. The fraction of sp³-hybridized carbons (Fsp3) is 0.412. The summed E-state index contributed by atoms with van der Waals surface area (Å²) in [5, 5.41) is 11.7. The van der Waals surface area contributed by atoms with Crippen molar-refractivity contribution in [3.63, 3.8) is 0 Å². The Morgan fingerprint density at radius 1 is 1.29 bits per heavy atom. The van der Waals surface area contributed by atoms with Crippen LogP contribution >= 0.6 is 0 Å². The fourth-order valence-corrected chi connectivity index (χ4v) is 1.90. The minimum absolute atomic E-state index is 0.133. The standard InChI is InChI=1S/C17H23NO3/c1-5-17(4,6-2)18-16(21)14-8-7-12(3)13(11-14)9-10-15(19)20/h7-11H,5-6H2,1-4H3,(H,18,21)(H,19,20)/b10-9+. The van der Waals surface area contributed by atoms with Gasteiger partial charge >= 0.3 is 5.97 Å². The molecule has 0 radical (unpaired) electrons. The maximum absolute atomic E-state index is 12.3. The van der Waals surface area contributed by atoms with Crippen molar-refractivity contribution < 1.29 is 14.7 Å². The van der Waals surface area contributed by atoms with Gasteiger partial charge in [0.2, 0.25) is 0 Å². The number of benzene rings is 1. The summed E-state index contributed by atoms with van der Waals surface area (Å²) < 4.78 is 0. The molecule has 0 aliphatic heterocycles. The first-order valence-corrected chi connectivity index (χ1v) is 7.15. The minimum Gasteiger partial charge on any atom is -0.478 e. The molecule has 0 saturated carbocycles. The zero-order chi connectivity index (χ0) is 16.0. The van der Waals surface area contributed by atoms with Crippen LogP contribution in [-0.4, -0.2) is 22.5 Å². The normalized spacial score (nSPS) is 11.6. The quantitative estimate of drug-likeness (QED) is 0.789. The molecule has 0 heterocycles. The summed E-state index contributed by atoms with van der Waals surface area (Å²) in [6, 6.07) is 5.30. The van der Waals surface area contributed by atoms with Crippen molar-refractivity contribution in [2.75, 3.05) is 0 Å². The molecule has 0 aliphatic rings. The molecule has 1 aromatic rings. The molecule has 4 nitrogen and oxygen atoms in total. The van der Waals surface area contributed by atoms with Gasteiger partial charge in [0.15, 0.2) is 0 Å². The molecule has 4 heteroatoms. The van der Waals surface area contributed by atoms with Crippen LogP contribution in [0.25, 0.3) is 6.08 Å². The van der Waals surface area contributed by atoms with Gasteiger partial charge in [-0.2, -0.15) is 0 Å². The van der Waals surface area contributed by atoms with Gasteiger partial charge in [-0.25, -0.2) is 4.79 Å². The SMILES string of the molecule is CCC(C)(CC)NC(=O)c1ccc(C)c(/C=C/C(=O)O)c1. The van der Waals surface area contributed by atoms with Crippen molar-refractivity contribution in [2.45, 2.75) is 46.1 Å². The van der Waals surface area contributed by atoms with Crippen LogP contribution in [0.1, 0.15) is 55.1 Å². The van der Waals surface area contributed by atoms with E-state index in [0.29, 0.717) is 5.56 Å². The van der Waals surface area contributed by atoms with Crippen LogP contribution in [0.3, 0.4) is 0 Å². The lowest BCUT2D eigenvalue weighted by molar-refractivity contribution is -0.131. The van der Waals surface area contributed by atoms with Gasteiger partial charge in [0.1, 0.15) is 0 Å². The van der Waals surface area contributed by atoms with Crippen molar-refractivity contribution in [1.29, 1.82) is 0 Å². The van der Waals surface area contributed by atoms with Gasteiger partial charge in [-0.3, -0.25) is 4.79 Å². The van der Waals surface area contributed by atoms with Crippen molar-refractivity contribution in [3.05, 3.63) is 41.0 Å². The molecule has 0 unspecified atom stereocenters. The fourth-order valence-electron chi connectivity index (χ4n) is 1.90. The van der Waals surface area contributed by atoms with E-state index in [4.69, 9.17) is 5.11 Å². The van der Waals surface area contributed by atoms with E-state index >= 15 is 0 Å². The van der Waals surface area contributed by atoms with Gasteiger partial charge in [-0.1, -0.05) is 19.9 Å². The van der Waals surface area contributed by atoms with Gasteiger partial charge in [-0.15, -0.1) is 0 Å². The topological polar surface area (TPSA) is 66.4 Å². The summed E-state index contributed by atoms with van der Waals surface area (Å²) >= 11 is 0. The van der Waals surface area contributed by atoms with Crippen LogP contribution in [0.4, 0.5) is 0 Å². The molecule has 0 fully saturated rings. The van der Waals surface area contributed by atoms with Gasteiger partial charge in [0, 0.05) is 17.2 Å². The van der Waals surface area contributed by atoms with E-state index in [1.807, 2.05) is 33.8 Å². The summed E-state index contributed by atoms with van der Waals surface area (Å²) in [6.45, 7) is 7.98. The molecular weight excluding hydrogens is 266 g/mol. The third kappa shape index (κ3) is 4.74. The lowest BCUT2D eigenvalue weighted by Crippen LogP contribution is -2.44. The highest BCUT2D eigenvalue weighted by Gasteiger charge is 2.22. The minimum atomic E-state index is -1.01. The second-order valence-electron chi connectivity index (χ2n) is 5.46. The Kier molecular flexibility index (Phi) is 5.70. The number of carbonyl (C=O) groups is 2. The Morgan fingerprint density at radius 2 is 1.90 bits per heavy atom. The highest BCUT2D eigenvalue weighted by molar-refractivity contribution is 5.95. The Morgan fingerprint density at radius 3 is 2.43 bits per heavy atom. The number of carboxylic acid groups (broad SMARTS) is 1. The number of carboxylic acids is 1. The summed E-state index contributed by atoms with van der Waals surface area (Å²) in [5.41, 5.74) is 1.98. The van der Waals surface area contributed by atoms with Crippen LogP contribution in [0.5, 0.6) is 0 Å². The Hall–Kier alpha value is -2.10. The maximum Gasteiger partial charge on any atom is 0.328 e. The van der Waals surface area contributed by atoms with E-state index in [-0.39, 0.29) is 11.4 Å². The van der Waals surface area contributed by atoms with Crippen molar-refractivity contribution in [2.24, 2.45) is 0 Å². The number of hydrogen-bond acceptors (Lipinski definition) is 2. The van der Waals surface area contributed by atoms with Gasteiger partial charge in [-0.05, 0) is 56.0 Å². The first kappa shape index (κ1) is 17.0. The number of amides is 1. The Balaban J connectivity index is 3.01. The molecule has 0 bridgehead atoms. The molecule has 0 aromatic heterocycles. The molecule has 0 spiro atoms. The summed E-state index contributed by atoms with van der Waals surface area (Å²) in [7, 11) is 0. The largest absolute Gasteiger partial charge is 0.478 e. The average Bonchev–Trinajstić information content (AvgIpc) is 2.45. The van der Waals surface area contributed by atoms with Crippen LogP contribution in [0.2, 0.25) is 0 Å². The van der Waals surface area contributed by atoms with Crippen LogP contribution in [0.15, 0.2) is 24.3 Å². The van der Waals surface area contributed by atoms with Crippen LogP contribution < -0.4 is 5.32 Å². The molecule has 1 aromatic carbocycles. The second-order valence-corrected chi connectivity index (χ2v) is 5.46. The summed E-state index contributed by atoms with van der Waals surface area (Å²) in [4.78, 5) is 22.9. The molecule has 114 valence electrons. The molecule has 21 heavy (non-hydrogen) atoms. The molecule has 1 rings (SSSR count). The molecule has 2 N–H and O–H groups in total. The maximum atomic E-state index is 12.3. The van der Waals surface area contributed by atoms with Crippen molar-refractivity contribution in [3.8, 4) is 0 Å². The van der Waals surface area contributed by atoms with Crippen molar-refractivity contribution >= 4 is 18.0 Å². The van der Waals surface area contributed by atoms with E-state index in [9.17, 15) is 9.59 Å². The third-order valence-corrected chi connectivity index (χ3v) is 3.92. The zero-order valence-electron chi connectivity index (χ0n) is 13.1. The number of aliphatic carboxylic acids is 1. The van der Waals surface area contributed by atoms with Crippen molar-refractivity contribution in [1.82, 2.24) is 5.32 Å². The van der Waals surface area contributed by atoms with E-state index in [2.05, 4.69) is 5.32 Å². The van der Waals surface area contributed by atoms with E-state index in [1.165, 1.54) is 6.08 Å². The number of aryl methyl sites for hydroxylation is 1. The molecule has 0 atom stereocenters. The zero-order valence-corrected chi connectivity index (χ0v) is 13.1. The second kappa shape index (κ2) is 7.07. The van der Waals surface area contributed by atoms with Gasteiger partial charge in [0.25, 0.3) is 5.91 Å². The highest BCUT2D eigenvalue weighted by atomic mass is 16.4. The van der Waals surface area contributed by atoms with Gasteiger partial charge in [0.05, 0.1) is 0 Å². The molecular formula is C17H23NO3. The van der Waals surface area contributed by atoms with Gasteiger partial charge < -0.3 is 10.4 Å². The summed E-state index contributed by atoms with van der Waals surface area (Å²) in [5.74, 6) is -1.14. The number of hydrogen-bond donors (Lipinski definition) is 2. The number of carbonyl (C=O) groups excluding carboxylic acids is 1. The van der Waals surface area contributed by atoms with Crippen LogP contribution in [0, 0.1) is 6.92 Å². The van der Waals surface area contributed by atoms with Crippen LogP contribution in [-0.2, 0) is 4.79 Å². The molecule has 0 aliphatic carbocycles. The Labute approximate surface area is 125 Å². The number of nitrogens with one attached hydrogen (secondary N) is 1. The van der Waals surface area contributed by atoms with E-state index in [1.54, 1.807) is 12.1 Å². The lowest BCUT2D eigenvalue weighted by atomic mass is 9.94. The Bertz CT molecular complexity index is 557. The van der Waals surface area contributed by atoms with E-state index < -0.39 is 5.97 Å². The average molecular weight is 289 g/mol. The first-order valence-electron chi connectivity index (χ1n) is 7.15. The summed E-state index contributed by atoms with van der Waals surface area (Å²) in [6.07, 6.45) is 4.29. The smallest absolute Gasteiger partial charge is 0.328 e. The predicted octanol–water partition coefficient (Wildman–Crippen LogP) is 3.40. The first-order chi connectivity index (χ1) is 9.81. The molecule has 1 amide bonds. The van der Waals surface area contributed by atoms with E-state index in [0.717, 1.165) is 30.0 Å². The monoisotopic (exact) mass is 289 g/mol. The third-order valence-electron chi connectivity index (χ3n) is 3.92. The highest BCUT2D eigenvalue weighted by Crippen LogP contribution is 2.17. The number of rotatable bonds is 6. The lowest BCUT2D eigenvalue weighted by Gasteiger charge is -2.28. The molecule has 0 saturated heterocycles.